The van der Waals surface area contributed by atoms with Crippen LogP contribution in [0.3, 0.4) is 0 Å². The summed E-state index contributed by atoms with van der Waals surface area (Å²) < 4.78 is 1.22. The lowest BCUT2D eigenvalue weighted by atomic mass is 9.89. The maximum atomic E-state index is 3.67. The minimum Gasteiger partial charge on any atom is -0.310 e. The Hall–Kier alpha value is -0.340. The zero-order valence-corrected chi connectivity index (χ0v) is 15.1. The van der Waals surface area contributed by atoms with Crippen molar-refractivity contribution in [3.05, 3.63) is 33.8 Å². The Balaban J connectivity index is 2.78. The highest BCUT2D eigenvalue weighted by Crippen LogP contribution is 2.29. The van der Waals surface area contributed by atoms with Gasteiger partial charge in [0.1, 0.15) is 0 Å². The molecule has 0 aliphatic rings. The van der Waals surface area contributed by atoms with Gasteiger partial charge in [-0.3, -0.25) is 0 Å². The first-order chi connectivity index (χ1) is 9.62. The summed E-state index contributed by atoms with van der Waals surface area (Å²) in [6.07, 6.45) is 6.56. The lowest BCUT2D eigenvalue weighted by Crippen LogP contribution is -2.23. The van der Waals surface area contributed by atoms with Gasteiger partial charge in [-0.25, -0.2) is 0 Å². The Bertz CT molecular complexity index is 389. The highest BCUT2D eigenvalue weighted by molar-refractivity contribution is 9.10. The van der Waals surface area contributed by atoms with Crippen LogP contribution in [0.2, 0.25) is 0 Å². The molecule has 114 valence electrons. The highest BCUT2D eigenvalue weighted by Gasteiger charge is 2.16. The van der Waals surface area contributed by atoms with Crippen LogP contribution < -0.4 is 5.32 Å². The van der Waals surface area contributed by atoms with Gasteiger partial charge < -0.3 is 5.32 Å². The van der Waals surface area contributed by atoms with Crippen LogP contribution in [0.4, 0.5) is 0 Å². The van der Waals surface area contributed by atoms with E-state index in [9.17, 15) is 0 Å². The van der Waals surface area contributed by atoms with Crippen LogP contribution in [0.25, 0.3) is 0 Å². The Morgan fingerprint density at radius 3 is 2.50 bits per heavy atom. The quantitative estimate of drug-likeness (QED) is 0.580. The molecule has 20 heavy (non-hydrogen) atoms. The molecule has 0 saturated heterocycles. The molecule has 0 bridgehead atoms. The molecular formula is C18H30BrN. The zero-order chi connectivity index (χ0) is 15.0. The van der Waals surface area contributed by atoms with Crippen molar-refractivity contribution >= 4 is 15.9 Å². The average molecular weight is 340 g/mol. The van der Waals surface area contributed by atoms with Crippen molar-refractivity contribution in [1.29, 1.82) is 0 Å². The molecule has 0 spiro atoms. The second-order valence-electron chi connectivity index (χ2n) is 5.77. The summed E-state index contributed by atoms with van der Waals surface area (Å²) in [5, 5.41) is 3.67. The van der Waals surface area contributed by atoms with E-state index >= 15 is 0 Å². The van der Waals surface area contributed by atoms with Gasteiger partial charge in [0, 0.05) is 10.5 Å². The molecule has 0 aliphatic carbocycles. The second kappa shape index (κ2) is 9.57. The largest absolute Gasteiger partial charge is 0.310 e. The van der Waals surface area contributed by atoms with Crippen LogP contribution >= 0.6 is 15.9 Å². The molecule has 1 rings (SSSR count). The van der Waals surface area contributed by atoms with Crippen molar-refractivity contribution in [2.45, 2.75) is 65.8 Å². The fourth-order valence-corrected chi connectivity index (χ4v) is 3.12. The number of hydrogen-bond acceptors (Lipinski definition) is 1. The Kier molecular flexibility index (Phi) is 8.47. The van der Waals surface area contributed by atoms with Gasteiger partial charge in [0.05, 0.1) is 0 Å². The predicted molar refractivity (Wildman–Crippen MR) is 93.2 cm³/mol. The van der Waals surface area contributed by atoms with E-state index in [2.05, 4.69) is 67.1 Å². The molecular weight excluding hydrogens is 310 g/mol. The molecule has 0 aromatic heterocycles. The molecule has 2 atom stereocenters. The normalized spacial score (nSPS) is 14.2. The SMILES string of the molecule is CCCCC(CC)CC(NCC)c1ccc(C)c(Br)c1. The van der Waals surface area contributed by atoms with Crippen LogP contribution in [0.5, 0.6) is 0 Å². The fourth-order valence-electron chi connectivity index (χ4n) is 2.72. The Morgan fingerprint density at radius 2 is 1.95 bits per heavy atom. The van der Waals surface area contributed by atoms with Crippen molar-refractivity contribution in [1.82, 2.24) is 5.32 Å². The first-order valence-corrected chi connectivity index (χ1v) is 8.91. The monoisotopic (exact) mass is 339 g/mol. The van der Waals surface area contributed by atoms with Crippen molar-refractivity contribution in [3.63, 3.8) is 0 Å². The summed E-state index contributed by atoms with van der Waals surface area (Å²) in [5.41, 5.74) is 2.72. The summed E-state index contributed by atoms with van der Waals surface area (Å²) in [4.78, 5) is 0. The van der Waals surface area contributed by atoms with Crippen LogP contribution in [0.15, 0.2) is 22.7 Å². The smallest absolute Gasteiger partial charge is 0.0323 e. The van der Waals surface area contributed by atoms with Crippen LogP contribution in [-0.4, -0.2) is 6.54 Å². The van der Waals surface area contributed by atoms with E-state index < -0.39 is 0 Å². The minimum atomic E-state index is 0.485. The molecule has 2 unspecified atom stereocenters. The number of unbranched alkanes of at least 4 members (excludes halogenated alkanes) is 1. The first kappa shape index (κ1) is 17.7. The van der Waals surface area contributed by atoms with Gasteiger partial charge in [0.25, 0.3) is 0 Å². The van der Waals surface area contributed by atoms with E-state index in [0.29, 0.717) is 6.04 Å². The molecule has 1 nitrogen and oxygen atoms in total. The summed E-state index contributed by atoms with van der Waals surface area (Å²) >= 11 is 3.66. The zero-order valence-electron chi connectivity index (χ0n) is 13.5. The third-order valence-electron chi connectivity index (χ3n) is 4.16. The summed E-state index contributed by atoms with van der Waals surface area (Å²) in [5.74, 6) is 0.832. The lowest BCUT2D eigenvalue weighted by Gasteiger charge is -2.24. The van der Waals surface area contributed by atoms with E-state index in [1.807, 2.05) is 0 Å². The average Bonchev–Trinajstić information content (AvgIpc) is 2.45. The molecule has 1 aromatic carbocycles. The van der Waals surface area contributed by atoms with Gasteiger partial charge in [-0.05, 0) is 43.0 Å². The third-order valence-corrected chi connectivity index (χ3v) is 5.02. The number of hydrogen-bond donors (Lipinski definition) is 1. The van der Waals surface area contributed by atoms with Gasteiger partial charge in [-0.15, -0.1) is 0 Å². The predicted octanol–water partition coefficient (Wildman–Crippen LogP) is 6.01. The minimum absolute atomic E-state index is 0.485. The van der Waals surface area contributed by atoms with Gasteiger partial charge in [-0.1, -0.05) is 74.5 Å². The molecule has 0 amide bonds. The lowest BCUT2D eigenvalue weighted by molar-refractivity contribution is 0.357. The van der Waals surface area contributed by atoms with E-state index in [0.717, 1.165) is 12.5 Å². The summed E-state index contributed by atoms with van der Waals surface area (Å²) in [6, 6.07) is 7.27. The van der Waals surface area contributed by atoms with Gasteiger partial charge in [0.15, 0.2) is 0 Å². The number of benzene rings is 1. The van der Waals surface area contributed by atoms with E-state index in [1.165, 1.54) is 47.7 Å². The molecule has 2 heteroatoms. The fraction of sp³-hybridized carbons (Fsp3) is 0.667. The van der Waals surface area contributed by atoms with Crippen LogP contribution in [-0.2, 0) is 0 Å². The first-order valence-electron chi connectivity index (χ1n) is 8.11. The second-order valence-corrected chi connectivity index (χ2v) is 6.63. The number of halogens is 1. The maximum absolute atomic E-state index is 3.67. The van der Waals surface area contributed by atoms with Crippen molar-refractivity contribution in [2.24, 2.45) is 5.92 Å². The van der Waals surface area contributed by atoms with Gasteiger partial charge >= 0.3 is 0 Å². The maximum Gasteiger partial charge on any atom is 0.0323 e. The van der Waals surface area contributed by atoms with Gasteiger partial charge in [0.2, 0.25) is 0 Å². The Labute approximate surface area is 133 Å². The summed E-state index contributed by atoms with van der Waals surface area (Å²) in [6.45, 7) is 9.98. The van der Waals surface area contributed by atoms with Crippen LogP contribution in [0, 0.1) is 12.8 Å². The molecule has 0 aliphatic heterocycles. The van der Waals surface area contributed by atoms with E-state index in [1.54, 1.807) is 0 Å². The topological polar surface area (TPSA) is 12.0 Å². The van der Waals surface area contributed by atoms with E-state index in [4.69, 9.17) is 0 Å². The number of aryl methyl sites for hydroxylation is 1. The number of nitrogens with one attached hydrogen (secondary N) is 1. The van der Waals surface area contributed by atoms with Gasteiger partial charge in [-0.2, -0.15) is 0 Å². The third kappa shape index (κ3) is 5.57. The molecule has 0 radical (unpaired) electrons. The highest BCUT2D eigenvalue weighted by atomic mass is 79.9. The number of rotatable bonds is 9. The van der Waals surface area contributed by atoms with E-state index in [-0.39, 0.29) is 0 Å². The molecule has 0 fully saturated rings. The van der Waals surface area contributed by atoms with Crippen molar-refractivity contribution in [2.75, 3.05) is 6.54 Å². The van der Waals surface area contributed by atoms with Crippen molar-refractivity contribution < 1.29 is 0 Å². The van der Waals surface area contributed by atoms with Crippen molar-refractivity contribution in [3.8, 4) is 0 Å². The van der Waals surface area contributed by atoms with Crippen LogP contribution in [0.1, 0.15) is 70.0 Å². The molecule has 1 N–H and O–H groups in total. The molecule has 0 saturated carbocycles. The molecule has 0 heterocycles. The Morgan fingerprint density at radius 1 is 1.20 bits per heavy atom. The standard InChI is InChI=1S/C18H30BrN/c1-5-8-9-15(6-2)12-18(20-7-3)16-11-10-14(4)17(19)13-16/h10-11,13,15,18,20H,5-9,12H2,1-4H3. The molecule has 1 aromatic rings. The summed E-state index contributed by atoms with van der Waals surface area (Å²) in [7, 11) is 0.